The highest BCUT2D eigenvalue weighted by atomic mass is 15.2. The molecular formula is C14H20N4. The number of aromatic nitrogens is 2. The van der Waals surface area contributed by atoms with Crippen LogP contribution in [-0.2, 0) is 0 Å². The van der Waals surface area contributed by atoms with E-state index in [4.69, 9.17) is 5.26 Å². The predicted molar refractivity (Wildman–Crippen MR) is 71.2 cm³/mol. The van der Waals surface area contributed by atoms with Crippen molar-refractivity contribution in [1.82, 2.24) is 9.97 Å². The number of piperidine rings is 1. The molecule has 1 fully saturated rings. The second kappa shape index (κ2) is 5.34. The number of anilines is 1. The molecule has 0 aliphatic carbocycles. The zero-order valence-corrected chi connectivity index (χ0v) is 11.2. The molecule has 0 amide bonds. The van der Waals surface area contributed by atoms with Crippen molar-refractivity contribution in [2.45, 2.75) is 39.5 Å². The van der Waals surface area contributed by atoms with Crippen molar-refractivity contribution in [2.75, 3.05) is 18.0 Å². The summed E-state index contributed by atoms with van der Waals surface area (Å²) in [6.07, 6.45) is 8.08. The number of nitrogens with zero attached hydrogens (tertiary/aromatic N) is 4. The Labute approximate surface area is 109 Å². The molecule has 0 N–H and O–H groups in total. The predicted octanol–water partition coefficient (Wildman–Crippen LogP) is 2.75. The summed E-state index contributed by atoms with van der Waals surface area (Å²) in [6.45, 7) is 6.52. The van der Waals surface area contributed by atoms with Gasteiger partial charge >= 0.3 is 0 Å². The molecule has 1 aromatic rings. The summed E-state index contributed by atoms with van der Waals surface area (Å²) in [5, 5.41) is 9.06. The third kappa shape index (κ3) is 2.31. The molecule has 1 aromatic heterocycles. The molecule has 4 nitrogen and oxygen atoms in total. The van der Waals surface area contributed by atoms with E-state index in [1.165, 1.54) is 25.7 Å². The molecule has 0 unspecified atom stereocenters. The molecule has 1 aliphatic heterocycles. The lowest BCUT2D eigenvalue weighted by molar-refractivity contribution is 0.199. The quantitative estimate of drug-likeness (QED) is 0.820. The van der Waals surface area contributed by atoms with Gasteiger partial charge in [-0.2, -0.15) is 5.26 Å². The van der Waals surface area contributed by atoms with Gasteiger partial charge in [0.25, 0.3) is 0 Å². The van der Waals surface area contributed by atoms with Gasteiger partial charge in [0.05, 0.1) is 0 Å². The number of nitriles is 1. The minimum Gasteiger partial charge on any atom is -0.354 e. The van der Waals surface area contributed by atoms with Gasteiger partial charge in [-0.3, -0.25) is 0 Å². The fourth-order valence-electron chi connectivity index (χ4n) is 2.79. The Morgan fingerprint density at radius 3 is 2.39 bits per heavy atom. The molecule has 1 aliphatic rings. The summed E-state index contributed by atoms with van der Waals surface area (Å²) in [6, 6.07) is 2.13. The van der Waals surface area contributed by atoms with Gasteiger partial charge in [-0.25, -0.2) is 9.97 Å². The van der Waals surface area contributed by atoms with E-state index in [0.29, 0.717) is 11.1 Å². The highest BCUT2D eigenvalue weighted by molar-refractivity contribution is 5.49. The first-order chi connectivity index (χ1) is 8.74. The molecule has 0 saturated carbocycles. The molecule has 18 heavy (non-hydrogen) atoms. The summed E-state index contributed by atoms with van der Waals surface area (Å²) in [5.41, 5.74) is 0.934. The highest BCUT2D eigenvalue weighted by Gasteiger charge is 2.32. The average Bonchev–Trinajstić information content (AvgIpc) is 2.47. The van der Waals surface area contributed by atoms with Gasteiger partial charge in [-0.15, -0.1) is 0 Å². The second-order valence-corrected chi connectivity index (χ2v) is 5.03. The molecule has 4 heteroatoms. The van der Waals surface area contributed by atoms with Gasteiger partial charge in [-0.05, 0) is 18.3 Å². The maximum atomic E-state index is 9.06. The number of hydrogen-bond donors (Lipinski definition) is 0. The fraction of sp³-hybridized carbons (Fsp3) is 0.643. The summed E-state index contributed by atoms with van der Waals surface area (Å²) in [5.74, 6) is 0.751. The van der Waals surface area contributed by atoms with Crippen molar-refractivity contribution in [1.29, 1.82) is 5.26 Å². The minimum absolute atomic E-state index is 0.443. The molecule has 2 heterocycles. The zero-order chi connectivity index (χ0) is 13.0. The van der Waals surface area contributed by atoms with Crippen LogP contribution in [0.3, 0.4) is 0 Å². The van der Waals surface area contributed by atoms with Crippen molar-refractivity contribution >= 4 is 5.82 Å². The van der Waals surface area contributed by atoms with Crippen LogP contribution in [-0.4, -0.2) is 23.1 Å². The van der Waals surface area contributed by atoms with E-state index in [1.807, 2.05) is 0 Å². The third-order valence-corrected chi connectivity index (χ3v) is 4.41. The monoisotopic (exact) mass is 244 g/mol. The van der Waals surface area contributed by atoms with E-state index < -0.39 is 0 Å². The van der Waals surface area contributed by atoms with E-state index >= 15 is 0 Å². The van der Waals surface area contributed by atoms with Crippen LogP contribution in [0.4, 0.5) is 5.82 Å². The van der Waals surface area contributed by atoms with Gasteiger partial charge in [-0.1, -0.05) is 26.7 Å². The fourth-order valence-corrected chi connectivity index (χ4v) is 2.79. The summed E-state index contributed by atoms with van der Waals surface area (Å²) in [4.78, 5) is 10.6. The average molecular weight is 244 g/mol. The highest BCUT2D eigenvalue weighted by Crippen LogP contribution is 2.38. The second-order valence-electron chi connectivity index (χ2n) is 5.03. The smallest absolute Gasteiger partial charge is 0.183 e. The SMILES string of the molecule is CCC1(CC)CCN(c2nccnc2C#N)CC1. The Kier molecular flexibility index (Phi) is 3.81. The van der Waals surface area contributed by atoms with Crippen molar-refractivity contribution in [2.24, 2.45) is 5.41 Å². The van der Waals surface area contributed by atoms with Gasteiger partial charge < -0.3 is 4.90 Å². The van der Waals surface area contributed by atoms with Crippen LogP contribution in [0, 0.1) is 16.7 Å². The summed E-state index contributed by atoms with van der Waals surface area (Å²) < 4.78 is 0. The van der Waals surface area contributed by atoms with Gasteiger partial charge in [0.15, 0.2) is 11.5 Å². The largest absolute Gasteiger partial charge is 0.354 e. The summed E-state index contributed by atoms with van der Waals surface area (Å²) >= 11 is 0. The van der Waals surface area contributed by atoms with Gasteiger partial charge in [0.2, 0.25) is 0 Å². The maximum Gasteiger partial charge on any atom is 0.183 e. The Morgan fingerprint density at radius 1 is 1.22 bits per heavy atom. The van der Waals surface area contributed by atoms with Gasteiger partial charge in [0.1, 0.15) is 6.07 Å². The molecule has 0 aromatic carbocycles. The number of hydrogen-bond acceptors (Lipinski definition) is 4. The van der Waals surface area contributed by atoms with Crippen molar-refractivity contribution in [3.05, 3.63) is 18.1 Å². The van der Waals surface area contributed by atoms with Crippen LogP contribution in [0.2, 0.25) is 0 Å². The standard InChI is InChI=1S/C14H20N4/c1-3-14(4-2)5-9-18(10-6-14)13-12(11-15)16-7-8-17-13/h7-8H,3-6,9-10H2,1-2H3. The zero-order valence-electron chi connectivity index (χ0n) is 11.2. The van der Waals surface area contributed by atoms with E-state index in [-0.39, 0.29) is 0 Å². The first-order valence-corrected chi connectivity index (χ1v) is 6.71. The number of rotatable bonds is 3. The van der Waals surface area contributed by atoms with Crippen LogP contribution >= 0.6 is 0 Å². The lowest BCUT2D eigenvalue weighted by Crippen LogP contribution is -2.40. The van der Waals surface area contributed by atoms with Crippen LogP contribution < -0.4 is 4.90 Å². The normalized spacial score (nSPS) is 18.4. The van der Waals surface area contributed by atoms with Crippen LogP contribution in [0.25, 0.3) is 0 Å². The van der Waals surface area contributed by atoms with E-state index in [0.717, 1.165) is 18.9 Å². The molecular weight excluding hydrogens is 224 g/mol. The maximum absolute atomic E-state index is 9.06. The van der Waals surface area contributed by atoms with Crippen LogP contribution in [0.15, 0.2) is 12.4 Å². The van der Waals surface area contributed by atoms with Gasteiger partial charge in [0, 0.05) is 25.5 Å². The Bertz CT molecular complexity index is 435. The first kappa shape index (κ1) is 12.8. The molecule has 2 rings (SSSR count). The molecule has 96 valence electrons. The third-order valence-electron chi connectivity index (χ3n) is 4.41. The van der Waals surface area contributed by atoms with Crippen LogP contribution in [0.5, 0.6) is 0 Å². The summed E-state index contributed by atoms with van der Waals surface area (Å²) in [7, 11) is 0. The minimum atomic E-state index is 0.443. The van der Waals surface area contributed by atoms with Crippen LogP contribution in [0.1, 0.15) is 45.2 Å². The Morgan fingerprint density at radius 2 is 1.83 bits per heavy atom. The lowest BCUT2D eigenvalue weighted by Gasteiger charge is -2.41. The van der Waals surface area contributed by atoms with Crippen molar-refractivity contribution in [3.63, 3.8) is 0 Å². The molecule has 0 bridgehead atoms. The lowest BCUT2D eigenvalue weighted by atomic mass is 9.74. The molecule has 0 radical (unpaired) electrons. The van der Waals surface area contributed by atoms with Crippen molar-refractivity contribution in [3.8, 4) is 6.07 Å². The van der Waals surface area contributed by atoms with E-state index in [9.17, 15) is 0 Å². The Balaban J connectivity index is 2.13. The molecule has 1 saturated heterocycles. The first-order valence-electron chi connectivity index (χ1n) is 6.71. The van der Waals surface area contributed by atoms with E-state index in [1.54, 1.807) is 12.4 Å². The van der Waals surface area contributed by atoms with Crippen molar-refractivity contribution < 1.29 is 0 Å². The van der Waals surface area contributed by atoms with E-state index in [2.05, 4.69) is 34.8 Å². The molecule has 0 spiro atoms. The Hall–Kier alpha value is -1.63. The molecule has 0 atom stereocenters. The topological polar surface area (TPSA) is 52.8 Å².